The molecule has 1 aromatic heterocycles. The monoisotopic (exact) mass is 470 g/mol. The fraction of sp³-hybridized carbons (Fsp3) is 0.240. The van der Waals surface area contributed by atoms with Crippen molar-refractivity contribution in [3.8, 4) is 28.3 Å². The van der Waals surface area contributed by atoms with E-state index in [0.29, 0.717) is 24.3 Å². The predicted molar refractivity (Wildman–Crippen MR) is 115 cm³/mol. The van der Waals surface area contributed by atoms with Crippen LogP contribution in [0, 0.1) is 23.3 Å². The number of nitrogens with one attached hydrogen (secondary N) is 1. The largest absolute Gasteiger partial charge is 0.456 e. The Morgan fingerprint density at radius 3 is 2.41 bits per heavy atom. The summed E-state index contributed by atoms with van der Waals surface area (Å²) in [7, 11) is 0. The third-order valence-electron chi connectivity index (χ3n) is 6.26. The summed E-state index contributed by atoms with van der Waals surface area (Å²) in [6.45, 7) is 0.923. The van der Waals surface area contributed by atoms with E-state index in [4.69, 9.17) is 14.2 Å². The molecular weight excluding hydrogens is 452 g/mol. The van der Waals surface area contributed by atoms with E-state index in [2.05, 4.69) is 9.97 Å². The first-order chi connectivity index (χ1) is 16.5. The smallest absolute Gasteiger partial charge is 0.295 e. The Morgan fingerprint density at radius 1 is 0.853 bits per heavy atom. The van der Waals surface area contributed by atoms with Gasteiger partial charge in [0.05, 0.1) is 23.8 Å². The molecule has 0 radical (unpaired) electrons. The van der Waals surface area contributed by atoms with Gasteiger partial charge in [0.15, 0.2) is 23.6 Å². The molecule has 34 heavy (non-hydrogen) atoms. The molecule has 4 aromatic rings. The van der Waals surface area contributed by atoms with Crippen molar-refractivity contribution in [1.29, 1.82) is 0 Å². The Balaban J connectivity index is 1.31. The number of H-pyrrole nitrogens is 1. The molecule has 0 amide bonds. The van der Waals surface area contributed by atoms with E-state index < -0.39 is 23.3 Å². The van der Waals surface area contributed by atoms with Crippen molar-refractivity contribution in [2.24, 2.45) is 0 Å². The molecule has 0 spiro atoms. The topological polar surface area (TPSA) is 56.4 Å². The van der Waals surface area contributed by atoms with Gasteiger partial charge in [-0.05, 0) is 35.2 Å². The lowest BCUT2D eigenvalue weighted by Crippen LogP contribution is -2.32. The number of fused-ring (bicyclic) bond motifs is 2. The van der Waals surface area contributed by atoms with E-state index in [-0.39, 0.29) is 46.5 Å². The van der Waals surface area contributed by atoms with Crippen molar-refractivity contribution in [3.05, 3.63) is 71.8 Å². The van der Waals surface area contributed by atoms with Crippen LogP contribution >= 0.6 is 0 Å². The van der Waals surface area contributed by atoms with E-state index in [1.807, 2.05) is 0 Å². The molecule has 0 saturated carbocycles. The number of aromatic nitrogens is 2. The second-order valence-corrected chi connectivity index (χ2v) is 8.34. The van der Waals surface area contributed by atoms with Gasteiger partial charge in [-0.25, -0.2) is 17.6 Å². The maximum Gasteiger partial charge on any atom is 0.295 e. The number of ether oxygens (including phenoxy) is 3. The molecule has 2 saturated heterocycles. The zero-order chi connectivity index (χ0) is 23.4. The molecule has 1 N–H and O–H groups in total. The lowest BCUT2D eigenvalue weighted by molar-refractivity contribution is 0.0273. The molecule has 3 atom stereocenters. The van der Waals surface area contributed by atoms with Gasteiger partial charge in [0.25, 0.3) is 6.01 Å². The summed E-state index contributed by atoms with van der Waals surface area (Å²) in [6, 6.07) is 10.9. The van der Waals surface area contributed by atoms with Crippen LogP contribution in [0.2, 0.25) is 0 Å². The van der Waals surface area contributed by atoms with Gasteiger partial charge in [-0.1, -0.05) is 30.3 Å². The van der Waals surface area contributed by atoms with Crippen LogP contribution in [0.25, 0.3) is 33.3 Å². The van der Waals surface area contributed by atoms with Gasteiger partial charge in [0.2, 0.25) is 0 Å². The number of nitrogens with zero attached hydrogens (tertiary/aromatic N) is 1. The predicted octanol–water partition coefficient (Wildman–Crippen LogP) is 5.39. The van der Waals surface area contributed by atoms with Crippen molar-refractivity contribution in [1.82, 2.24) is 9.97 Å². The number of benzene rings is 3. The molecule has 2 aliphatic rings. The van der Waals surface area contributed by atoms with Gasteiger partial charge < -0.3 is 19.2 Å². The Morgan fingerprint density at radius 2 is 1.62 bits per heavy atom. The molecule has 3 aromatic carbocycles. The van der Waals surface area contributed by atoms with Gasteiger partial charge in [-0.3, -0.25) is 0 Å². The van der Waals surface area contributed by atoms with Crippen molar-refractivity contribution in [3.63, 3.8) is 0 Å². The highest BCUT2D eigenvalue weighted by molar-refractivity contribution is 5.84. The summed E-state index contributed by atoms with van der Waals surface area (Å²) in [4.78, 5) is 7.01. The number of hydrogen-bond acceptors (Lipinski definition) is 4. The normalized spacial score (nSPS) is 21.8. The number of halogens is 4. The molecule has 5 nitrogen and oxygen atoms in total. The Hall–Kier alpha value is -3.43. The maximum absolute atomic E-state index is 15.4. The average Bonchev–Trinajstić information content (AvgIpc) is 3.54. The van der Waals surface area contributed by atoms with Crippen molar-refractivity contribution in [2.75, 3.05) is 13.2 Å². The molecule has 2 fully saturated rings. The second-order valence-electron chi connectivity index (χ2n) is 8.34. The molecule has 0 bridgehead atoms. The highest BCUT2D eigenvalue weighted by Gasteiger charge is 2.43. The third-order valence-corrected chi connectivity index (χ3v) is 6.26. The molecular formula is C25H18F4N2O3. The Labute approximate surface area is 191 Å². The first-order valence-corrected chi connectivity index (χ1v) is 10.8. The van der Waals surface area contributed by atoms with Crippen LogP contribution in [0.3, 0.4) is 0 Å². The quantitative estimate of drug-likeness (QED) is 0.407. The third kappa shape index (κ3) is 3.52. The van der Waals surface area contributed by atoms with Crippen molar-refractivity contribution >= 4 is 11.0 Å². The lowest BCUT2D eigenvalue weighted by atomic mass is 9.99. The molecule has 174 valence electrons. The molecule has 0 aliphatic carbocycles. The lowest BCUT2D eigenvalue weighted by Gasteiger charge is -2.15. The first kappa shape index (κ1) is 21.1. The second kappa shape index (κ2) is 8.11. The van der Waals surface area contributed by atoms with E-state index >= 15 is 4.39 Å². The standard InChI is InChI=1S/C25H18F4N2O3/c26-15-6-5-14(9-16(15)27)12-1-3-13(4-2-12)21-17(28)10-18-23(22(21)29)31-25(30-18)34-20-11-33-19-7-8-32-24(19)20/h1-6,9-10,19-20,24H,7-8,11H2,(H,30,31)/t19-,20-,24+/m1/s1. The molecule has 6 rings (SSSR count). The van der Waals surface area contributed by atoms with Crippen LogP contribution < -0.4 is 4.74 Å². The van der Waals surface area contributed by atoms with Gasteiger partial charge in [-0.2, -0.15) is 4.98 Å². The minimum absolute atomic E-state index is 0.0236. The number of imidazole rings is 1. The van der Waals surface area contributed by atoms with Gasteiger partial charge in [0, 0.05) is 12.7 Å². The van der Waals surface area contributed by atoms with Crippen LogP contribution in [0.1, 0.15) is 6.42 Å². The average molecular weight is 470 g/mol. The number of aromatic amines is 1. The van der Waals surface area contributed by atoms with Crippen LogP contribution in [0.15, 0.2) is 48.5 Å². The van der Waals surface area contributed by atoms with Gasteiger partial charge in [-0.15, -0.1) is 0 Å². The van der Waals surface area contributed by atoms with Crippen molar-refractivity contribution < 1.29 is 31.8 Å². The summed E-state index contributed by atoms with van der Waals surface area (Å²) in [5, 5.41) is 0. The zero-order valence-electron chi connectivity index (χ0n) is 17.7. The van der Waals surface area contributed by atoms with E-state index in [0.717, 1.165) is 24.6 Å². The summed E-state index contributed by atoms with van der Waals surface area (Å²) >= 11 is 0. The fourth-order valence-corrected chi connectivity index (χ4v) is 4.56. The minimum Gasteiger partial charge on any atom is -0.456 e. The highest BCUT2D eigenvalue weighted by atomic mass is 19.2. The summed E-state index contributed by atoms with van der Waals surface area (Å²) < 4.78 is 74.1. The van der Waals surface area contributed by atoms with Crippen LogP contribution in [0.5, 0.6) is 6.01 Å². The number of rotatable bonds is 4. The van der Waals surface area contributed by atoms with Crippen LogP contribution in [-0.4, -0.2) is 41.5 Å². The van der Waals surface area contributed by atoms with E-state index in [1.165, 1.54) is 18.2 Å². The van der Waals surface area contributed by atoms with Crippen LogP contribution in [-0.2, 0) is 9.47 Å². The minimum atomic E-state index is -0.972. The molecule has 3 heterocycles. The van der Waals surface area contributed by atoms with Gasteiger partial charge >= 0.3 is 0 Å². The van der Waals surface area contributed by atoms with Crippen molar-refractivity contribution in [2.45, 2.75) is 24.7 Å². The summed E-state index contributed by atoms with van der Waals surface area (Å²) in [5.41, 5.74) is 1.16. The molecule has 0 unspecified atom stereocenters. The van der Waals surface area contributed by atoms with Crippen LogP contribution in [0.4, 0.5) is 17.6 Å². The molecule has 9 heteroatoms. The van der Waals surface area contributed by atoms with Gasteiger partial charge in [0.1, 0.15) is 17.4 Å². The summed E-state index contributed by atoms with van der Waals surface area (Å²) in [6.07, 6.45) is 0.176. The molecule has 2 aliphatic heterocycles. The fourth-order valence-electron chi connectivity index (χ4n) is 4.56. The number of hydrogen-bond donors (Lipinski definition) is 1. The maximum atomic E-state index is 15.4. The Kier molecular flexibility index (Phi) is 5.04. The van der Waals surface area contributed by atoms with E-state index in [1.54, 1.807) is 12.1 Å². The SMILES string of the molecule is Fc1ccc(-c2ccc(-c3c(F)cc4[nH]c(O[C@@H]5CO[C@@H]6CCO[C@@H]65)nc4c3F)cc2)cc1F. The van der Waals surface area contributed by atoms with E-state index in [9.17, 15) is 13.2 Å². The highest BCUT2D eigenvalue weighted by Crippen LogP contribution is 2.34. The first-order valence-electron chi connectivity index (χ1n) is 10.8. The summed E-state index contributed by atoms with van der Waals surface area (Å²) in [5.74, 6) is -3.53. The Bertz CT molecular complexity index is 1390. The zero-order valence-corrected chi connectivity index (χ0v) is 17.7.